The normalized spacial score (nSPS) is 17.3. The highest BCUT2D eigenvalue weighted by atomic mass is 35.5. The summed E-state index contributed by atoms with van der Waals surface area (Å²) in [4.78, 5) is 36.6. The molecule has 5 N–H and O–H groups in total. The van der Waals surface area contributed by atoms with Crippen molar-refractivity contribution in [1.29, 1.82) is 0 Å². The van der Waals surface area contributed by atoms with Gasteiger partial charge in [-0.25, -0.2) is 14.4 Å². The summed E-state index contributed by atoms with van der Waals surface area (Å²) in [5.41, 5.74) is 5.62. The van der Waals surface area contributed by atoms with E-state index in [4.69, 9.17) is 21.3 Å². The third kappa shape index (κ3) is 7.56. The van der Waals surface area contributed by atoms with E-state index in [2.05, 4.69) is 36.6 Å². The largest absolute Gasteiger partial charge is 0.481 e. The Hall–Kier alpha value is -4.65. The molecule has 2 saturated heterocycles. The molecule has 11 nitrogen and oxygen atoms in total. The fraction of sp³-hybridized carbons (Fsp3) is 0.343. The van der Waals surface area contributed by atoms with Crippen molar-refractivity contribution in [2.45, 2.75) is 57.8 Å². The molecule has 2 aliphatic rings. The van der Waals surface area contributed by atoms with E-state index >= 15 is 4.39 Å². The predicted molar refractivity (Wildman–Crippen MR) is 182 cm³/mol. The molecule has 2 fully saturated rings. The van der Waals surface area contributed by atoms with Crippen molar-refractivity contribution in [2.24, 2.45) is 0 Å². The molecule has 2 amide bonds. The number of nitrogens with one attached hydrogen (secondary N) is 5. The Bertz CT molecular complexity index is 1820. The zero-order chi connectivity index (χ0) is 33.6. The Kier molecular flexibility index (Phi) is 10.4. The first-order chi connectivity index (χ1) is 23.3. The zero-order valence-corrected chi connectivity index (χ0v) is 27.6. The highest BCUT2D eigenvalue weighted by molar-refractivity contribution is 6.36. The summed E-state index contributed by atoms with van der Waals surface area (Å²) in [6.07, 6.45) is 5.94. The molecule has 250 valence electrons. The van der Waals surface area contributed by atoms with Gasteiger partial charge < -0.3 is 31.3 Å². The van der Waals surface area contributed by atoms with Crippen LogP contribution in [-0.4, -0.2) is 59.0 Å². The van der Waals surface area contributed by atoms with Crippen LogP contribution in [0.5, 0.6) is 5.88 Å². The minimum atomic E-state index is -0.484. The third-order valence-electron chi connectivity index (χ3n) is 8.67. The first-order valence-corrected chi connectivity index (χ1v) is 16.4. The fourth-order valence-electron chi connectivity index (χ4n) is 6.08. The number of hydrogen-bond donors (Lipinski definition) is 5. The van der Waals surface area contributed by atoms with Crippen LogP contribution in [0.25, 0.3) is 22.5 Å². The third-order valence-corrected chi connectivity index (χ3v) is 9.08. The van der Waals surface area contributed by atoms with E-state index in [0.717, 1.165) is 35.2 Å². The number of methoxy groups -OCH3 is 1. The van der Waals surface area contributed by atoms with E-state index in [-0.39, 0.29) is 36.3 Å². The Morgan fingerprint density at radius 2 is 1.58 bits per heavy atom. The number of ether oxygens (including phenoxy) is 1. The average molecular weight is 673 g/mol. The summed E-state index contributed by atoms with van der Waals surface area (Å²) in [7, 11) is 1.59. The number of carbonyl (C=O) groups is 2. The molecule has 0 saturated carbocycles. The predicted octanol–water partition coefficient (Wildman–Crippen LogP) is 4.80. The molecule has 5 heterocycles. The average Bonchev–Trinajstić information content (AvgIpc) is 3.70. The lowest BCUT2D eigenvalue weighted by molar-refractivity contribution is -0.120. The Morgan fingerprint density at radius 3 is 2.25 bits per heavy atom. The van der Waals surface area contributed by atoms with Crippen LogP contribution >= 0.6 is 11.6 Å². The molecule has 2 atom stereocenters. The number of carbonyl (C=O) groups excluding carboxylic acids is 2. The topological polar surface area (TPSA) is 142 Å². The van der Waals surface area contributed by atoms with E-state index in [9.17, 15) is 9.59 Å². The van der Waals surface area contributed by atoms with Crippen LogP contribution in [0.4, 0.5) is 15.9 Å². The number of halogens is 2. The van der Waals surface area contributed by atoms with Crippen LogP contribution in [-0.2, 0) is 22.7 Å². The number of rotatable bonds is 13. The molecular weight excluding hydrogens is 635 g/mol. The Balaban J connectivity index is 1.17. The molecule has 0 aliphatic carbocycles. The van der Waals surface area contributed by atoms with Gasteiger partial charge in [0.25, 0.3) is 0 Å². The molecule has 0 spiro atoms. The monoisotopic (exact) mass is 672 g/mol. The van der Waals surface area contributed by atoms with E-state index < -0.39 is 5.82 Å². The van der Waals surface area contributed by atoms with Crippen molar-refractivity contribution in [2.75, 3.05) is 25.5 Å². The second-order valence-corrected chi connectivity index (χ2v) is 12.4. The van der Waals surface area contributed by atoms with Gasteiger partial charge in [0.2, 0.25) is 17.7 Å². The fourth-order valence-corrected chi connectivity index (χ4v) is 6.35. The summed E-state index contributed by atoms with van der Waals surface area (Å²) in [6.45, 7) is 4.03. The molecule has 48 heavy (non-hydrogen) atoms. The van der Waals surface area contributed by atoms with Crippen LogP contribution in [0.15, 0.2) is 54.9 Å². The molecular formula is C35H38ClFN8O3. The van der Waals surface area contributed by atoms with Gasteiger partial charge in [-0.05, 0) is 49.6 Å². The minimum Gasteiger partial charge on any atom is -0.481 e. The summed E-state index contributed by atoms with van der Waals surface area (Å²) < 4.78 is 21.1. The first kappa shape index (κ1) is 33.3. The Morgan fingerprint density at radius 1 is 0.896 bits per heavy atom. The number of hydrogen-bond acceptors (Lipinski definition) is 9. The standard InChI is InChI=1S/C35H38ClFN8O3/c1-20-25(27-9-6-22(35(45-27)48-2)17-39-19-24-8-11-30(47)43-24)13-15-40-33(20)26-4-3-5-28(31(26)36)44-34-32(37)21(12-14-41-34)16-38-18-23-7-10-29(46)42-23/h3-6,9,12-15,23-24,38-39H,7-8,10-11,16-19H2,1-2H3,(H,41,44)(H,42,46)(H,43,47)/t23-,24-/m1/s1. The molecule has 0 unspecified atom stereocenters. The minimum absolute atomic E-state index is 0.0446. The quantitative estimate of drug-likeness (QED) is 0.135. The van der Waals surface area contributed by atoms with E-state index in [1.165, 1.54) is 0 Å². The lowest BCUT2D eigenvalue weighted by atomic mass is 9.99. The molecule has 1 aromatic carbocycles. The van der Waals surface area contributed by atoms with E-state index in [0.29, 0.717) is 65.9 Å². The summed E-state index contributed by atoms with van der Waals surface area (Å²) in [6, 6.07) is 13.1. The van der Waals surface area contributed by atoms with Crippen molar-refractivity contribution < 1.29 is 18.7 Å². The number of benzene rings is 1. The number of anilines is 2. The van der Waals surface area contributed by atoms with E-state index in [1.807, 2.05) is 37.3 Å². The van der Waals surface area contributed by atoms with Gasteiger partial charge in [0.15, 0.2) is 11.6 Å². The maximum Gasteiger partial charge on any atom is 0.220 e. The summed E-state index contributed by atoms with van der Waals surface area (Å²) in [5, 5.41) is 15.9. The van der Waals surface area contributed by atoms with E-state index in [1.54, 1.807) is 31.6 Å². The smallest absolute Gasteiger partial charge is 0.220 e. The van der Waals surface area contributed by atoms with Gasteiger partial charge in [0, 0.05) is 85.8 Å². The molecule has 0 bridgehead atoms. The zero-order valence-electron chi connectivity index (χ0n) is 26.8. The number of pyridine rings is 3. The van der Waals surface area contributed by atoms with Crippen molar-refractivity contribution >= 4 is 34.9 Å². The van der Waals surface area contributed by atoms with Gasteiger partial charge in [-0.2, -0.15) is 0 Å². The van der Waals surface area contributed by atoms with Crippen LogP contribution in [0.3, 0.4) is 0 Å². The summed E-state index contributed by atoms with van der Waals surface area (Å²) >= 11 is 6.93. The van der Waals surface area contributed by atoms with Crippen molar-refractivity contribution in [1.82, 2.24) is 36.2 Å². The highest BCUT2D eigenvalue weighted by Gasteiger charge is 2.22. The van der Waals surface area contributed by atoms with Gasteiger partial charge in [-0.15, -0.1) is 0 Å². The highest BCUT2D eigenvalue weighted by Crippen LogP contribution is 2.38. The van der Waals surface area contributed by atoms with Gasteiger partial charge in [0.1, 0.15) is 0 Å². The maximum absolute atomic E-state index is 15.5. The SMILES string of the molecule is COc1nc(-c2ccnc(-c3cccc(Nc4nccc(CNC[C@H]5CCC(=O)N5)c4F)c3Cl)c2C)ccc1CNC[C@H]1CCC(=O)N1. The molecule has 6 rings (SSSR count). The second kappa shape index (κ2) is 15.1. The molecule has 3 aromatic heterocycles. The summed E-state index contributed by atoms with van der Waals surface area (Å²) in [5.74, 6) is 0.218. The van der Waals surface area contributed by atoms with Gasteiger partial charge in [-0.3, -0.25) is 14.6 Å². The molecule has 0 radical (unpaired) electrons. The lowest BCUT2D eigenvalue weighted by Crippen LogP contribution is -2.35. The number of nitrogens with zero attached hydrogens (tertiary/aromatic N) is 3. The van der Waals surface area contributed by atoms with Crippen LogP contribution < -0.4 is 31.3 Å². The van der Waals surface area contributed by atoms with Gasteiger partial charge >= 0.3 is 0 Å². The maximum atomic E-state index is 15.5. The van der Waals surface area contributed by atoms with Crippen LogP contribution in [0, 0.1) is 12.7 Å². The van der Waals surface area contributed by atoms with Crippen LogP contribution in [0.2, 0.25) is 5.02 Å². The van der Waals surface area contributed by atoms with Crippen molar-refractivity contribution in [3.05, 3.63) is 82.4 Å². The molecule has 2 aliphatic heterocycles. The van der Waals surface area contributed by atoms with Crippen LogP contribution in [0.1, 0.15) is 42.4 Å². The van der Waals surface area contributed by atoms with Gasteiger partial charge in [-0.1, -0.05) is 29.8 Å². The number of amides is 2. The lowest BCUT2D eigenvalue weighted by Gasteiger charge is -2.16. The molecule has 13 heteroatoms. The van der Waals surface area contributed by atoms with Gasteiger partial charge in [0.05, 0.1) is 29.2 Å². The second-order valence-electron chi connectivity index (χ2n) is 12.0. The van der Waals surface area contributed by atoms with Crippen molar-refractivity contribution in [3.8, 4) is 28.4 Å². The first-order valence-electron chi connectivity index (χ1n) is 16.0. The molecule has 4 aromatic rings. The number of aromatic nitrogens is 3. The van der Waals surface area contributed by atoms with Crippen molar-refractivity contribution in [3.63, 3.8) is 0 Å². The Labute approximate surface area is 283 Å².